The molecule has 3 amide bonds. The number of fused-ring (bicyclic) bond motifs is 2. The van der Waals surface area contributed by atoms with Crippen LogP contribution in [0, 0.1) is 16.7 Å². The summed E-state index contributed by atoms with van der Waals surface area (Å²) in [5.74, 6) is -0.975. The number of hydrogen-bond donors (Lipinski definition) is 1. The number of piperidine rings is 1. The van der Waals surface area contributed by atoms with E-state index in [9.17, 15) is 14.4 Å². The Morgan fingerprint density at radius 3 is 2.32 bits per heavy atom. The average molecular weight is 386 g/mol. The van der Waals surface area contributed by atoms with Crippen LogP contribution < -0.4 is 10.2 Å². The summed E-state index contributed by atoms with van der Waals surface area (Å²) in [5, 5.41) is 2.81. The van der Waals surface area contributed by atoms with Crippen molar-refractivity contribution >= 4 is 29.1 Å². The molecule has 3 rings (SSSR count). The van der Waals surface area contributed by atoms with Gasteiger partial charge in [-0.15, -0.1) is 0 Å². The van der Waals surface area contributed by atoms with Crippen LogP contribution in [0.1, 0.15) is 47.5 Å². The molecule has 1 saturated carbocycles. The molecule has 1 aromatic carbocycles. The van der Waals surface area contributed by atoms with Crippen LogP contribution in [-0.2, 0) is 14.4 Å². The Labute approximate surface area is 167 Å². The fourth-order valence-corrected chi connectivity index (χ4v) is 4.74. The number of benzene rings is 1. The first kappa shape index (κ1) is 20.4. The predicted molar refractivity (Wildman–Crippen MR) is 110 cm³/mol. The zero-order chi connectivity index (χ0) is 20.7. The lowest BCUT2D eigenvalue weighted by Crippen LogP contribution is -2.60. The Kier molecular flexibility index (Phi) is 5.26. The van der Waals surface area contributed by atoms with Crippen molar-refractivity contribution in [1.29, 1.82) is 0 Å². The van der Waals surface area contributed by atoms with Gasteiger partial charge in [-0.2, -0.15) is 0 Å². The van der Waals surface area contributed by atoms with Crippen LogP contribution in [0.4, 0.5) is 11.4 Å². The Balaban J connectivity index is 1.69. The van der Waals surface area contributed by atoms with E-state index in [0.717, 1.165) is 18.8 Å². The first-order valence-electron chi connectivity index (χ1n) is 10.2. The molecule has 1 saturated heterocycles. The first-order valence-corrected chi connectivity index (χ1v) is 10.2. The van der Waals surface area contributed by atoms with E-state index in [1.54, 1.807) is 0 Å². The van der Waals surface area contributed by atoms with E-state index < -0.39 is 5.41 Å². The van der Waals surface area contributed by atoms with Gasteiger partial charge in [-0.05, 0) is 56.4 Å². The maximum absolute atomic E-state index is 13.0. The third kappa shape index (κ3) is 3.09. The lowest BCUT2D eigenvalue weighted by molar-refractivity contribution is -0.168. The summed E-state index contributed by atoms with van der Waals surface area (Å²) in [5.41, 5.74) is 0.800. The minimum absolute atomic E-state index is 0.198. The average Bonchev–Trinajstić information content (AvgIpc) is 2.85. The van der Waals surface area contributed by atoms with E-state index in [4.69, 9.17) is 0 Å². The Morgan fingerprint density at radius 1 is 1.14 bits per heavy atom. The van der Waals surface area contributed by atoms with Gasteiger partial charge in [0.05, 0.1) is 5.41 Å². The number of amides is 3. The second-order valence-electron chi connectivity index (χ2n) is 8.64. The van der Waals surface area contributed by atoms with E-state index in [0.29, 0.717) is 18.5 Å². The molecule has 2 atom stereocenters. The summed E-state index contributed by atoms with van der Waals surface area (Å²) in [6.45, 7) is 11.7. The minimum Gasteiger partial charge on any atom is -0.372 e. The van der Waals surface area contributed by atoms with E-state index in [1.807, 2.05) is 45.0 Å². The van der Waals surface area contributed by atoms with E-state index in [-0.39, 0.29) is 35.6 Å². The van der Waals surface area contributed by atoms with Crippen LogP contribution in [0.15, 0.2) is 24.3 Å². The van der Waals surface area contributed by atoms with Crippen molar-refractivity contribution in [2.45, 2.75) is 47.5 Å². The molecule has 1 N–H and O–H groups in total. The Hall–Kier alpha value is -2.37. The quantitative estimate of drug-likeness (QED) is 0.763. The maximum atomic E-state index is 13.0. The molecular formula is C22H31N3O3. The summed E-state index contributed by atoms with van der Waals surface area (Å²) in [4.78, 5) is 41.8. The molecule has 28 heavy (non-hydrogen) atoms. The zero-order valence-corrected chi connectivity index (χ0v) is 17.5. The molecule has 2 aliphatic rings. The molecule has 1 aromatic rings. The van der Waals surface area contributed by atoms with Gasteiger partial charge in [0, 0.05) is 30.4 Å². The number of likely N-dealkylation sites (tertiary alicyclic amines) is 1. The largest absolute Gasteiger partial charge is 0.372 e. The zero-order valence-electron chi connectivity index (χ0n) is 17.5. The fraction of sp³-hybridized carbons (Fsp3) is 0.591. The minimum atomic E-state index is -0.586. The normalized spacial score (nSPS) is 25.8. The van der Waals surface area contributed by atoms with Crippen LogP contribution in [0.5, 0.6) is 0 Å². The van der Waals surface area contributed by atoms with Crippen LogP contribution in [-0.4, -0.2) is 42.3 Å². The number of rotatable bonds is 6. The molecular weight excluding hydrogens is 354 g/mol. The number of carbonyl (C=O) groups is 3. The number of nitrogens with one attached hydrogen (secondary N) is 1. The molecule has 0 aromatic heterocycles. The summed E-state index contributed by atoms with van der Waals surface area (Å²) < 4.78 is 0. The SMILES string of the molecule is CCN(CC)c1ccc(NC(=O)CN2C(=O)C3CCC(C)(C2=O)C3(C)C)cc1. The molecule has 2 unspecified atom stereocenters. The standard InChI is InChI=1S/C22H31N3O3/c1-6-24(7-2)16-10-8-15(9-11-16)23-18(26)14-25-19(27)17-12-13-22(5,20(25)28)21(17,3)4/h8-11,17H,6-7,12-14H2,1-5H3,(H,23,26). The summed E-state index contributed by atoms with van der Waals surface area (Å²) >= 11 is 0. The van der Waals surface area contributed by atoms with Crippen molar-refractivity contribution in [1.82, 2.24) is 4.90 Å². The second kappa shape index (κ2) is 7.22. The highest BCUT2D eigenvalue weighted by atomic mass is 16.2. The first-order chi connectivity index (χ1) is 13.2. The van der Waals surface area contributed by atoms with Crippen molar-refractivity contribution in [3.63, 3.8) is 0 Å². The highest BCUT2D eigenvalue weighted by Gasteiger charge is 2.64. The second-order valence-corrected chi connectivity index (χ2v) is 8.64. The number of imide groups is 1. The van der Waals surface area contributed by atoms with Gasteiger partial charge in [0.2, 0.25) is 17.7 Å². The number of nitrogens with zero attached hydrogens (tertiary/aromatic N) is 2. The fourth-order valence-electron chi connectivity index (χ4n) is 4.74. The molecule has 2 bridgehead atoms. The van der Waals surface area contributed by atoms with E-state index in [2.05, 4.69) is 24.1 Å². The van der Waals surface area contributed by atoms with Crippen molar-refractivity contribution in [2.75, 3.05) is 29.9 Å². The van der Waals surface area contributed by atoms with Gasteiger partial charge in [0.1, 0.15) is 6.54 Å². The van der Waals surface area contributed by atoms with E-state index in [1.165, 1.54) is 4.90 Å². The van der Waals surface area contributed by atoms with Crippen LogP contribution >= 0.6 is 0 Å². The van der Waals surface area contributed by atoms with Gasteiger partial charge in [-0.1, -0.05) is 20.8 Å². The monoisotopic (exact) mass is 385 g/mol. The summed E-state index contributed by atoms with van der Waals surface area (Å²) in [7, 11) is 0. The van der Waals surface area contributed by atoms with Crippen LogP contribution in [0.25, 0.3) is 0 Å². The Morgan fingerprint density at radius 2 is 1.75 bits per heavy atom. The lowest BCUT2D eigenvalue weighted by Gasteiger charge is -2.47. The third-order valence-electron chi connectivity index (χ3n) is 7.09. The molecule has 1 aliphatic carbocycles. The Bertz CT molecular complexity index is 783. The van der Waals surface area contributed by atoms with Gasteiger partial charge in [0.25, 0.3) is 0 Å². The van der Waals surface area contributed by atoms with Gasteiger partial charge < -0.3 is 10.2 Å². The van der Waals surface area contributed by atoms with Crippen LogP contribution in [0.3, 0.4) is 0 Å². The molecule has 1 aliphatic heterocycles. The predicted octanol–water partition coefficient (Wildman–Crippen LogP) is 3.28. The van der Waals surface area contributed by atoms with Gasteiger partial charge in [0.15, 0.2) is 0 Å². The maximum Gasteiger partial charge on any atom is 0.244 e. The molecule has 6 nitrogen and oxygen atoms in total. The van der Waals surface area contributed by atoms with Gasteiger partial charge in [-0.25, -0.2) is 0 Å². The summed E-state index contributed by atoms with van der Waals surface area (Å²) in [6.07, 6.45) is 1.40. The topological polar surface area (TPSA) is 69.7 Å². The van der Waals surface area contributed by atoms with Gasteiger partial charge in [-0.3, -0.25) is 19.3 Å². The van der Waals surface area contributed by atoms with E-state index >= 15 is 0 Å². The molecule has 1 heterocycles. The molecule has 2 fully saturated rings. The van der Waals surface area contributed by atoms with Crippen molar-refractivity contribution in [2.24, 2.45) is 16.7 Å². The molecule has 152 valence electrons. The number of carbonyl (C=O) groups excluding carboxylic acids is 3. The smallest absolute Gasteiger partial charge is 0.244 e. The third-order valence-corrected chi connectivity index (χ3v) is 7.09. The highest BCUT2D eigenvalue weighted by molar-refractivity contribution is 6.07. The molecule has 0 radical (unpaired) electrons. The van der Waals surface area contributed by atoms with Crippen molar-refractivity contribution in [3.8, 4) is 0 Å². The number of hydrogen-bond acceptors (Lipinski definition) is 4. The van der Waals surface area contributed by atoms with Gasteiger partial charge >= 0.3 is 0 Å². The van der Waals surface area contributed by atoms with Crippen molar-refractivity contribution < 1.29 is 14.4 Å². The van der Waals surface area contributed by atoms with Crippen molar-refractivity contribution in [3.05, 3.63) is 24.3 Å². The highest BCUT2D eigenvalue weighted by Crippen LogP contribution is 2.59. The lowest BCUT2D eigenvalue weighted by atomic mass is 9.62. The molecule has 6 heteroatoms. The molecule has 0 spiro atoms. The summed E-state index contributed by atoms with van der Waals surface area (Å²) in [6, 6.07) is 7.62. The van der Waals surface area contributed by atoms with Crippen LogP contribution in [0.2, 0.25) is 0 Å². The number of anilines is 2.